The molecule has 1 heterocycles. The molecule has 0 spiro atoms. The molecule has 3 N–H and O–H groups in total. The highest BCUT2D eigenvalue weighted by atomic mass is 16.6. The smallest absolute Gasteiger partial charge is 0.161 e. The van der Waals surface area contributed by atoms with E-state index >= 15 is 0 Å². The second kappa shape index (κ2) is 5.18. The Morgan fingerprint density at radius 3 is 2.75 bits per heavy atom. The molecule has 2 rings (SSSR count). The third-order valence-corrected chi connectivity index (χ3v) is 2.78. The SMILES string of the molecule is CNC(CN)Cc1ccc2c(c1)OCCO2. The zero-order valence-corrected chi connectivity index (χ0v) is 9.53. The third-order valence-electron chi connectivity index (χ3n) is 2.78. The number of nitrogens with one attached hydrogen (secondary N) is 1. The Balaban J connectivity index is 2.10. The number of ether oxygens (including phenoxy) is 2. The van der Waals surface area contributed by atoms with E-state index in [9.17, 15) is 0 Å². The summed E-state index contributed by atoms with van der Waals surface area (Å²) in [7, 11) is 1.93. The number of fused-ring (bicyclic) bond motifs is 1. The van der Waals surface area contributed by atoms with Crippen LogP contribution < -0.4 is 20.5 Å². The summed E-state index contributed by atoms with van der Waals surface area (Å²) in [5.41, 5.74) is 6.87. The van der Waals surface area contributed by atoms with Gasteiger partial charge < -0.3 is 20.5 Å². The van der Waals surface area contributed by atoms with Crippen LogP contribution in [-0.2, 0) is 6.42 Å². The first kappa shape index (κ1) is 11.2. The fraction of sp³-hybridized carbons (Fsp3) is 0.500. The fourth-order valence-electron chi connectivity index (χ4n) is 1.80. The molecule has 1 unspecified atom stereocenters. The van der Waals surface area contributed by atoms with Gasteiger partial charge in [0.05, 0.1) is 0 Å². The first-order chi connectivity index (χ1) is 7.83. The van der Waals surface area contributed by atoms with Gasteiger partial charge >= 0.3 is 0 Å². The van der Waals surface area contributed by atoms with Gasteiger partial charge in [0, 0.05) is 12.6 Å². The van der Waals surface area contributed by atoms with Gasteiger partial charge in [0.25, 0.3) is 0 Å². The maximum absolute atomic E-state index is 5.65. The van der Waals surface area contributed by atoms with Gasteiger partial charge in [0.15, 0.2) is 11.5 Å². The molecular weight excluding hydrogens is 204 g/mol. The van der Waals surface area contributed by atoms with E-state index in [0.29, 0.717) is 25.8 Å². The first-order valence-electron chi connectivity index (χ1n) is 5.59. The number of likely N-dealkylation sites (N-methyl/N-ethyl adjacent to an activating group) is 1. The van der Waals surface area contributed by atoms with Gasteiger partial charge in [-0.3, -0.25) is 0 Å². The van der Waals surface area contributed by atoms with Gasteiger partial charge in [-0.25, -0.2) is 0 Å². The number of benzene rings is 1. The van der Waals surface area contributed by atoms with Crippen LogP contribution in [0.4, 0.5) is 0 Å². The summed E-state index contributed by atoms with van der Waals surface area (Å²) < 4.78 is 11.0. The molecule has 0 saturated heterocycles. The van der Waals surface area contributed by atoms with Gasteiger partial charge in [-0.1, -0.05) is 6.07 Å². The van der Waals surface area contributed by atoms with E-state index < -0.39 is 0 Å². The molecule has 1 aromatic rings. The van der Waals surface area contributed by atoms with E-state index in [1.54, 1.807) is 0 Å². The molecule has 0 aromatic heterocycles. The van der Waals surface area contributed by atoms with Crippen molar-refractivity contribution in [2.45, 2.75) is 12.5 Å². The molecule has 16 heavy (non-hydrogen) atoms. The highest BCUT2D eigenvalue weighted by molar-refractivity contribution is 5.44. The lowest BCUT2D eigenvalue weighted by Gasteiger charge is -2.20. The van der Waals surface area contributed by atoms with Crippen molar-refractivity contribution in [1.29, 1.82) is 0 Å². The Bertz CT molecular complexity index is 351. The maximum Gasteiger partial charge on any atom is 0.161 e. The predicted octanol–water partition coefficient (Wildman–Crippen LogP) is 0.547. The van der Waals surface area contributed by atoms with Gasteiger partial charge in [-0.2, -0.15) is 0 Å². The molecule has 0 radical (unpaired) electrons. The van der Waals surface area contributed by atoms with E-state index in [-0.39, 0.29) is 0 Å². The van der Waals surface area contributed by atoms with Gasteiger partial charge in [0.1, 0.15) is 13.2 Å². The lowest BCUT2D eigenvalue weighted by molar-refractivity contribution is 0.171. The van der Waals surface area contributed by atoms with Crippen molar-refractivity contribution < 1.29 is 9.47 Å². The number of nitrogens with two attached hydrogens (primary N) is 1. The average Bonchev–Trinajstić information content (AvgIpc) is 2.35. The molecule has 88 valence electrons. The molecule has 0 fully saturated rings. The Labute approximate surface area is 95.7 Å². The first-order valence-corrected chi connectivity index (χ1v) is 5.59. The molecule has 1 aromatic carbocycles. The molecule has 1 aliphatic heterocycles. The van der Waals surface area contributed by atoms with E-state index in [0.717, 1.165) is 17.9 Å². The van der Waals surface area contributed by atoms with Crippen molar-refractivity contribution in [2.24, 2.45) is 5.73 Å². The normalized spacial score (nSPS) is 15.9. The van der Waals surface area contributed by atoms with Crippen LogP contribution in [-0.4, -0.2) is 32.8 Å². The molecule has 0 amide bonds. The van der Waals surface area contributed by atoms with Crippen LogP contribution in [0.3, 0.4) is 0 Å². The molecule has 1 aliphatic rings. The largest absolute Gasteiger partial charge is 0.486 e. The summed E-state index contributed by atoms with van der Waals surface area (Å²) in [6, 6.07) is 6.37. The summed E-state index contributed by atoms with van der Waals surface area (Å²) in [6.07, 6.45) is 0.906. The summed E-state index contributed by atoms with van der Waals surface area (Å²) in [4.78, 5) is 0. The van der Waals surface area contributed by atoms with Crippen LogP contribution in [0.15, 0.2) is 18.2 Å². The Kier molecular flexibility index (Phi) is 3.64. The van der Waals surface area contributed by atoms with Crippen molar-refractivity contribution in [1.82, 2.24) is 5.32 Å². The van der Waals surface area contributed by atoms with Crippen molar-refractivity contribution in [3.63, 3.8) is 0 Å². The summed E-state index contributed by atoms with van der Waals surface area (Å²) in [6.45, 7) is 1.89. The summed E-state index contributed by atoms with van der Waals surface area (Å²) >= 11 is 0. The predicted molar refractivity (Wildman–Crippen MR) is 63.0 cm³/mol. The number of hydrogen-bond acceptors (Lipinski definition) is 4. The second-order valence-electron chi connectivity index (χ2n) is 3.90. The van der Waals surface area contributed by atoms with Crippen molar-refractivity contribution in [3.05, 3.63) is 23.8 Å². The highest BCUT2D eigenvalue weighted by Crippen LogP contribution is 2.30. The standard InChI is InChI=1S/C12H18N2O2/c1-14-10(8-13)6-9-2-3-11-12(7-9)16-5-4-15-11/h2-3,7,10,14H,4-6,8,13H2,1H3. The monoisotopic (exact) mass is 222 g/mol. The quantitative estimate of drug-likeness (QED) is 0.781. The highest BCUT2D eigenvalue weighted by Gasteiger charge is 2.13. The van der Waals surface area contributed by atoms with Crippen LogP contribution in [0.1, 0.15) is 5.56 Å². The topological polar surface area (TPSA) is 56.5 Å². The zero-order chi connectivity index (χ0) is 11.4. The van der Waals surface area contributed by atoms with Gasteiger partial charge in [-0.05, 0) is 31.2 Å². The zero-order valence-electron chi connectivity index (χ0n) is 9.53. The van der Waals surface area contributed by atoms with Gasteiger partial charge in [0.2, 0.25) is 0 Å². The Morgan fingerprint density at radius 2 is 2.06 bits per heavy atom. The maximum atomic E-state index is 5.65. The summed E-state index contributed by atoms with van der Waals surface area (Å²) in [5.74, 6) is 1.68. The molecule has 1 atom stereocenters. The molecule has 0 aliphatic carbocycles. The van der Waals surface area contributed by atoms with Crippen molar-refractivity contribution in [3.8, 4) is 11.5 Å². The number of hydrogen-bond donors (Lipinski definition) is 2. The van der Waals surface area contributed by atoms with E-state index in [4.69, 9.17) is 15.2 Å². The molecule has 4 nitrogen and oxygen atoms in total. The van der Waals surface area contributed by atoms with Crippen LogP contribution in [0, 0.1) is 0 Å². The average molecular weight is 222 g/mol. The molecule has 0 saturated carbocycles. The Morgan fingerprint density at radius 1 is 1.31 bits per heavy atom. The molecule has 4 heteroatoms. The van der Waals surface area contributed by atoms with Crippen LogP contribution >= 0.6 is 0 Å². The summed E-state index contributed by atoms with van der Waals surface area (Å²) in [5, 5.41) is 3.18. The molecular formula is C12H18N2O2. The van der Waals surface area contributed by atoms with Crippen LogP contribution in [0.5, 0.6) is 11.5 Å². The molecule has 0 bridgehead atoms. The van der Waals surface area contributed by atoms with E-state index in [2.05, 4.69) is 11.4 Å². The van der Waals surface area contributed by atoms with E-state index in [1.165, 1.54) is 5.56 Å². The minimum Gasteiger partial charge on any atom is -0.486 e. The third kappa shape index (κ3) is 2.46. The van der Waals surface area contributed by atoms with E-state index in [1.807, 2.05) is 19.2 Å². The van der Waals surface area contributed by atoms with Crippen molar-refractivity contribution in [2.75, 3.05) is 26.8 Å². The van der Waals surface area contributed by atoms with Crippen molar-refractivity contribution >= 4 is 0 Å². The minimum absolute atomic E-state index is 0.308. The Hall–Kier alpha value is -1.26. The van der Waals surface area contributed by atoms with Gasteiger partial charge in [-0.15, -0.1) is 0 Å². The van der Waals surface area contributed by atoms with Crippen LogP contribution in [0.2, 0.25) is 0 Å². The number of rotatable bonds is 4. The lowest BCUT2D eigenvalue weighted by Crippen LogP contribution is -2.35. The van der Waals surface area contributed by atoms with Crippen LogP contribution in [0.25, 0.3) is 0 Å². The lowest BCUT2D eigenvalue weighted by atomic mass is 10.1. The fourth-order valence-corrected chi connectivity index (χ4v) is 1.80. The minimum atomic E-state index is 0.308. The second-order valence-corrected chi connectivity index (χ2v) is 3.90.